The second kappa shape index (κ2) is 10.0. The predicted molar refractivity (Wildman–Crippen MR) is 76.0 cm³/mol. The molecule has 0 radical (unpaired) electrons. The van der Waals surface area contributed by atoms with Gasteiger partial charge in [0.2, 0.25) is 5.75 Å². The van der Waals surface area contributed by atoms with Crippen molar-refractivity contribution in [2.24, 2.45) is 5.73 Å². The van der Waals surface area contributed by atoms with Gasteiger partial charge >= 0.3 is 0 Å². The van der Waals surface area contributed by atoms with Gasteiger partial charge in [-0.25, -0.2) is 5.41 Å². The van der Waals surface area contributed by atoms with E-state index in [0.29, 0.717) is 22.9 Å². The van der Waals surface area contributed by atoms with Crippen LogP contribution in [-0.2, 0) is 0 Å². The standard InChI is InChI=1S/C11H17N3O4.NO3/c1-16-8-5-7(14-11(12)13)6-9(17-2)10(8)18-4-3-15;2-1(3)4/h5-6,15H,3-4H2,1-2H3,(H4,12,13,14);/q;-1/p+1. The quantitative estimate of drug-likeness (QED) is 0.168. The van der Waals surface area contributed by atoms with Crippen LogP contribution >= 0.6 is 0 Å². The van der Waals surface area contributed by atoms with Crippen LogP contribution in [0, 0.1) is 20.7 Å². The maximum absolute atomic E-state index is 8.77. The Labute approximate surface area is 125 Å². The SMILES string of the molecule is COc1cc([NH2+]C(=N)N)cc(OC)c1OCCO.O=[N+]([O-])[O-]. The van der Waals surface area contributed by atoms with Crippen molar-refractivity contribution in [3.8, 4) is 17.2 Å². The molecule has 0 aliphatic rings. The van der Waals surface area contributed by atoms with Gasteiger partial charge in [-0.05, 0) is 0 Å². The highest BCUT2D eigenvalue weighted by Crippen LogP contribution is 2.39. The molecule has 124 valence electrons. The van der Waals surface area contributed by atoms with Gasteiger partial charge in [0.25, 0.3) is 5.96 Å². The van der Waals surface area contributed by atoms with Crippen LogP contribution in [-0.4, -0.2) is 43.6 Å². The van der Waals surface area contributed by atoms with Crippen LogP contribution in [0.5, 0.6) is 17.2 Å². The minimum Gasteiger partial charge on any atom is -0.492 e. The molecular formula is C11H18N4O7. The molecule has 1 aromatic carbocycles. The Balaban J connectivity index is 0.000000980. The number of aliphatic hydroxyl groups is 1. The van der Waals surface area contributed by atoms with Crippen LogP contribution in [0.1, 0.15) is 0 Å². The fourth-order valence-corrected chi connectivity index (χ4v) is 1.45. The zero-order chi connectivity index (χ0) is 17.1. The molecule has 0 bridgehead atoms. The topological polar surface area (TPSA) is 181 Å². The van der Waals surface area contributed by atoms with Crippen molar-refractivity contribution in [1.82, 2.24) is 0 Å². The molecule has 1 rings (SSSR count). The smallest absolute Gasteiger partial charge is 0.293 e. The molecule has 1 aromatic rings. The molecule has 11 nitrogen and oxygen atoms in total. The first kappa shape index (κ1) is 19.2. The largest absolute Gasteiger partial charge is 0.492 e. The van der Waals surface area contributed by atoms with Crippen molar-refractivity contribution < 1.29 is 29.7 Å². The molecule has 0 heterocycles. The van der Waals surface area contributed by atoms with Crippen molar-refractivity contribution in [2.75, 3.05) is 27.4 Å². The number of hydrogen-bond acceptors (Lipinski definition) is 8. The average molecular weight is 318 g/mol. The van der Waals surface area contributed by atoms with Gasteiger partial charge in [-0.2, -0.15) is 0 Å². The third kappa shape index (κ3) is 7.12. The first-order valence-electron chi connectivity index (χ1n) is 5.85. The van der Waals surface area contributed by atoms with Crippen molar-refractivity contribution in [3.63, 3.8) is 0 Å². The molecule has 6 N–H and O–H groups in total. The highest BCUT2D eigenvalue weighted by molar-refractivity contribution is 5.68. The Bertz CT molecular complexity index is 480. The van der Waals surface area contributed by atoms with Crippen LogP contribution in [0.3, 0.4) is 0 Å². The third-order valence-electron chi connectivity index (χ3n) is 2.14. The zero-order valence-corrected chi connectivity index (χ0v) is 12.1. The summed E-state index contributed by atoms with van der Waals surface area (Å²) >= 11 is 0. The predicted octanol–water partition coefficient (Wildman–Crippen LogP) is -1.08. The van der Waals surface area contributed by atoms with Gasteiger partial charge in [-0.1, -0.05) is 0 Å². The molecule has 0 unspecified atom stereocenters. The normalized spacial score (nSPS) is 9.23. The molecule has 22 heavy (non-hydrogen) atoms. The van der Waals surface area contributed by atoms with E-state index in [1.807, 2.05) is 0 Å². The van der Waals surface area contributed by atoms with Crippen molar-refractivity contribution in [1.29, 1.82) is 5.41 Å². The van der Waals surface area contributed by atoms with E-state index in [1.54, 1.807) is 12.1 Å². The van der Waals surface area contributed by atoms with Gasteiger partial charge in [-0.15, -0.1) is 0 Å². The zero-order valence-electron chi connectivity index (χ0n) is 12.1. The van der Waals surface area contributed by atoms with Crippen LogP contribution in [0.15, 0.2) is 12.1 Å². The summed E-state index contributed by atoms with van der Waals surface area (Å²) in [6.07, 6.45) is 0. The number of rotatable bonds is 6. The lowest BCUT2D eigenvalue weighted by Gasteiger charge is -2.14. The molecule has 0 aliphatic carbocycles. The molecule has 11 heteroatoms. The lowest BCUT2D eigenvalue weighted by atomic mass is 10.2. The minimum absolute atomic E-state index is 0.0665. The first-order valence-corrected chi connectivity index (χ1v) is 5.85. The van der Waals surface area contributed by atoms with Gasteiger partial charge < -0.3 is 40.4 Å². The summed E-state index contributed by atoms with van der Waals surface area (Å²) in [5, 5.41) is 32.2. The Morgan fingerprint density at radius 2 is 1.82 bits per heavy atom. The minimum atomic E-state index is -1.75. The summed E-state index contributed by atoms with van der Waals surface area (Å²) in [5.74, 6) is 1.25. The molecule has 0 spiro atoms. The van der Waals surface area contributed by atoms with Crippen LogP contribution in [0.2, 0.25) is 0 Å². The maximum atomic E-state index is 8.77. The number of nitrogens with two attached hydrogens (primary N) is 2. The number of aliphatic hydroxyl groups excluding tert-OH is 1. The number of nitrogens with zero attached hydrogens (tertiary/aromatic N) is 1. The number of hydrogen-bond donors (Lipinski definition) is 4. The van der Waals surface area contributed by atoms with Crippen LogP contribution in [0.4, 0.5) is 5.69 Å². The summed E-state index contributed by atoms with van der Waals surface area (Å²) in [5.41, 5.74) is 5.98. The van der Waals surface area contributed by atoms with Crippen molar-refractivity contribution >= 4 is 11.6 Å². The van der Waals surface area contributed by atoms with Gasteiger partial charge in [0.15, 0.2) is 11.5 Å². The van der Waals surface area contributed by atoms with E-state index >= 15 is 0 Å². The number of nitrogens with one attached hydrogen (secondary N) is 1. The summed E-state index contributed by atoms with van der Waals surface area (Å²) in [4.78, 5) is 8.25. The molecule has 0 aliphatic heterocycles. The lowest BCUT2D eigenvalue weighted by Crippen LogP contribution is -2.84. The monoisotopic (exact) mass is 318 g/mol. The van der Waals surface area contributed by atoms with E-state index in [9.17, 15) is 0 Å². The molecule has 0 saturated heterocycles. The number of methoxy groups -OCH3 is 2. The Hall–Kier alpha value is -2.79. The summed E-state index contributed by atoms with van der Waals surface area (Å²) in [7, 11) is 3.00. The van der Waals surface area contributed by atoms with Gasteiger partial charge in [0.1, 0.15) is 12.3 Å². The molecule has 0 fully saturated rings. The number of quaternary nitrogens is 1. The highest BCUT2D eigenvalue weighted by Gasteiger charge is 2.16. The summed E-state index contributed by atoms with van der Waals surface area (Å²) < 4.78 is 15.7. The average Bonchev–Trinajstić information content (AvgIpc) is 2.43. The Morgan fingerprint density at radius 3 is 2.14 bits per heavy atom. The first-order chi connectivity index (χ1) is 10.3. The van der Waals surface area contributed by atoms with E-state index < -0.39 is 5.09 Å². The fraction of sp³-hybridized carbons (Fsp3) is 0.364. The Kier molecular flexibility index (Phi) is 8.74. The van der Waals surface area contributed by atoms with E-state index in [0.717, 1.165) is 0 Å². The van der Waals surface area contributed by atoms with E-state index in [1.165, 1.54) is 19.5 Å². The van der Waals surface area contributed by atoms with Gasteiger partial charge in [0, 0.05) is 12.1 Å². The van der Waals surface area contributed by atoms with Crippen LogP contribution in [0.25, 0.3) is 0 Å². The number of ether oxygens (including phenoxy) is 3. The second-order valence-electron chi connectivity index (χ2n) is 3.65. The lowest BCUT2D eigenvalue weighted by molar-refractivity contribution is -0.447. The third-order valence-corrected chi connectivity index (χ3v) is 2.14. The molecule has 0 atom stereocenters. The Morgan fingerprint density at radius 1 is 1.36 bits per heavy atom. The fourth-order valence-electron chi connectivity index (χ4n) is 1.45. The number of guanidine groups is 1. The molecular weight excluding hydrogens is 300 g/mol. The van der Waals surface area contributed by atoms with E-state index in [4.69, 9.17) is 45.8 Å². The van der Waals surface area contributed by atoms with E-state index in [-0.39, 0.29) is 19.2 Å². The maximum Gasteiger partial charge on any atom is 0.293 e. The van der Waals surface area contributed by atoms with E-state index in [2.05, 4.69) is 0 Å². The molecule has 0 amide bonds. The van der Waals surface area contributed by atoms with Crippen molar-refractivity contribution in [3.05, 3.63) is 27.5 Å². The summed E-state index contributed by atoms with van der Waals surface area (Å²) in [6.45, 7) is 0.0378. The molecule has 0 saturated carbocycles. The van der Waals surface area contributed by atoms with Gasteiger partial charge in [-0.3, -0.25) is 5.32 Å². The van der Waals surface area contributed by atoms with Crippen molar-refractivity contribution in [2.45, 2.75) is 0 Å². The molecule has 0 aromatic heterocycles. The van der Waals surface area contributed by atoms with Crippen LogP contribution < -0.4 is 25.3 Å². The van der Waals surface area contributed by atoms with Gasteiger partial charge in [0.05, 0.1) is 25.9 Å². The highest BCUT2D eigenvalue weighted by atomic mass is 16.9. The number of benzene rings is 1. The second-order valence-corrected chi connectivity index (χ2v) is 3.65. The summed E-state index contributed by atoms with van der Waals surface area (Å²) in [6, 6.07) is 3.35.